The van der Waals surface area contributed by atoms with Gasteiger partial charge >= 0.3 is 12.2 Å². The van der Waals surface area contributed by atoms with E-state index in [9.17, 15) is 60.3 Å². The summed E-state index contributed by atoms with van der Waals surface area (Å²) in [6.45, 7) is 30.5. The molecule has 28 nitrogen and oxygen atoms in total. The van der Waals surface area contributed by atoms with Gasteiger partial charge in [-0.15, -0.1) is 13.2 Å². The highest BCUT2D eigenvalue weighted by atomic mass is 79.9. The van der Waals surface area contributed by atoms with E-state index < -0.39 is 148 Å². The Morgan fingerprint density at radius 1 is 0.592 bits per heavy atom. The van der Waals surface area contributed by atoms with Crippen LogP contribution in [0.1, 0.15) is 148 Å². The molecular weight excluding hydrogens is 1530 g/mol. The molecule has 0 bridgehead atoms. The molecule has 2 aromatic carbocycles. The third kappa shape index (κ3) is 22.3. The SMILES string of the molecule is C=CC[C@@](C)(NC(=O)[C@@H]1C[C@@H](O)CN1C(=O)[C@@H](NC(=O)OC(C)(C)C)C(C)(C)C)C(=O)NS(=O)(=O)C1CC1.C=CC[C@@](C)(NC(=O)[C@@H]1C[C@@H](Oc2nc(Br)c(OC)c3ccccc23)CN1C(=O)[C@@H](NC(=O)OC(C)(C)C)C(C)(C)C)C(=O)NS(=O)(=O)C1CC1.COc1c(Br)nc(Cl)c2ccccc12. The Kier molecular flexibility index (Phi) is 27.4. The molecular formula is C70H97Br2ClN10O18S2. The van der Waals surface area contributed by atoms with Gasteiger partial charge in [0, 0.05) is 40.9 Å². The molecule has 0 unspecified atom stereocenters. The molecule has 568 valence electrons. The lowest BCUT2D eigenvalue weighted by Gasteiger charge is -2.36. The van der Waals surface area contributed by atoms with Gasteiger partial charge in [0.25, 0.3) is 11.8 Å². The smallest absolute Gasteiger partial charge is 0.408 e. The highest BCUT2D eigenvalue weighted by molar-refractivity contribution is 9.10. The number of aliphatic hydroxyl groups excluding tert-OH is 1. The van der Waals surface area contributed by atoms with E-state index in [4.69, 9.17) is 35.3 Å². The standard InChI is InChI=1S/C35H48BrN5O9S.C25H42N4O8S.C10H7BrClNO/c1-10-17-35(8,31(44)40-51(46,47)21-15-16-21)39-28(42)24-18-20(49-29-23-14-12-11-13-22(23)25(48-9)27(36)38-29)19-41(24)30(43)26(33(2,3)4)37-32(45)50-34(5,6)7;1-9-12-25(8,21(33)28-38(35,36)16-10-11-16)27-19(31)17-13-15(30)14-29(17)20(32)18(23(2,3)4)26-22(34)37-24(5,6)7;1-14-8-6-4-2-3-5-7(6)10(12)13-9(8)11/h10-14,20-21,24,26H,1,15-19H2,2-9H3,(H,37,45)(H,39,42)(H,40,44);9,15-18,30H,1,10-14H2,2-8H3,(H,26,34)(H,27,31)(H,28,33);2-5H,1H3/t20-,24+,26-,35-;15-,17+,18-,25-;/m11./s1. The Bertz CT molecular complexity index is 4120. The second-order valence-corrected chi connectivity index (χ2v) is 36.1. The van der Waals surface area contributed by atoms with Crippen LogP contribution in [0.2, 0.25) is 5.15 Å². The topological polar surface area (TPSA) is 376 Å². The van der Waals surface area contributed by atoms with E-state index in [1.54, 1.807) is 90.2 Å². The Morgan fingerprint density at radius 2 is 0.961 bits per heavy atom. The number of benzene rings is 2. The Morgan fingerprint density at radius 3 is 1.34 bits per heavy atom. The zero-order chi connectivity index (χ0) is 77.5. The van der Waals surface area contributed by atoms with Crippen LogP contribution in [0.4, 0.5) is 9.59 Å². The minimum absolute atomic E-state index is 0.0211. The average Bonchev–Trinajstić information content (AvgIpc) is 1.74. The maximum Gasteiger partial charge on any atom is 0.408 e. The molecule has 7 N–H and O–H groups in total. The van der Waals surface area contributed by atoms with Gasteiger partial charge in [-0.05, 0) is 143 Å². The van der Waals surface area contributed by atoms with E-state index in [0.717, 1.165) is 16.2 Å². The van der Waals surface area contributed by atoms with Crippen LogP contribution < -0.4 is 44.9 Å². The molecule has 2 aromatic heterocycles. The van der Waals surface area contributed by atoms with Crippen molar-refractivity contribution in [3.8, 4) is 17.4 Å². The summed E-state index contributed by atoms with van der Waals surface area (Å²) in [6.07, 6.45) is 0.834. The molecule has 8 rings (SSSR count). The number of pyridine rings is 2. The van der Waals surface area contributed by atoms with Crippen molar-refractivity contribution in [2.75, 3.05) is 27.3 Å². The fourth-order valence-corrected chi connectivity index (χ4v) is 15.5. The minimum Gasteiger partial charge on any atom is -0.493 e. The molecule has 0 spiro atoms. The summed E-state index contributed by atoms with van der Waals surface area (Å²) >= 11 is 12.7. The first kappa shape index (κ1) is 84.5. The fraction of sp³-hybridized carbons (Fsp3) is 0.571. The number of likely N-dealkylation sites (tertiary alicyclic amines) is 2. The number of nitrogens with one attached hydrogen (secondary N) is 6. The number of carbonyl (C=O) groups is 8. The number of sulfonamides is 2. The van der Waals surface area contributed by atoms with Crippen LogP contribution in [-0.4, -0.2) is 186 Å². The van der Waals surface area contributed by atoms with Gasteiger partial charge in [-0.3, -0.25) is 38.2 Å². The molecule has 2 saturated heterocycles. The van der Waals surface area contributed by atoms with Crippen molar-refractivity contribution in [2.24, 2.45) is 10.8 Å². The second-order valence-electron chi connectivity index (χ2n) is 30.3. The summed E-state index contributed by atoms with van der Waals surface area (Å²) in [5.74, 6) is -3.06. The van der Waals surface area contributed by atoms with Gasteiger partial charge < -0.3 is 59.9 Å². The number of ether oxygens (including phenoxy) is 5. The van der Waals surface area contributed by atoms with Crippen LogP contribution in [0.25, 0.3) is 21.5 Å². The number of amides is 8. The van der Waals surface area contributed by atoms with Crippen LogP contribution in [0.15, 0.2) is 83.0 Å². The summed E-state index contributed by atoms with van der Waals surface area (Å²) < 4.78 is 83.1. The molecule has 103 heavy (non-hydrogen) atoms. The van der Waals surface area contributed by atoms with Gasteiger partial charge in [0.1, 0.15) is 62.3 Å². The number of β-amino-alcohol motifs (C(OH)–C–C–N with tert-alkyl or cyclic N) is 1. The third-order valence-corrected chi connectivity index (χ3v) is 21.8. The number of nitrogens with zero attached hydrogens (tertiary/aromatic N) is 4. The zero-order valence-corrected chi connectivity index (χ0v) is 66.6. The van der Waals surface area contributed by atoms with Crippen molar-refractivity contribution in [2.45, 2.75) is 217 Å². The van der Waals surface area contributed by atoms with Crippen LogP contribution in [0.3, 0.4) is 0 Å². The van der Waals surface area contributed by atoms with Crippen LogP contribution in [-0.2, 0) is 58.3 Å². The van der Waals surface area contributed by atoms with Crippen LogP contribution in [0.5, 0.6) is 17.4 Å². The number of alkyl carbamates (subject to hydrolysis) is 2. The van der Waals surface area contributed by atoms with E-state index in [1.165, 1.54) is 42.9 Å². The maximum absolute atomic E-state index is 14.5. The van der Waals surface area contributed by atoms with Crippen LogP contribution in [0, 0.1) is 10.8 Å². The lowest BCUT2D eigenvalue weighted by Crippen LogP contribution is -2.62. The first-order chi connectivity index (χ1) is 47.5. The van der Waals surface area contributed by atoms with E-state index in [2.05, 4.69) is 81.0 Å². The number of fused-ring (bicyclic) bond motifs is 2. The lowest BCUT2D eigenvalue weighted by molar-refractivity contribution is -0.143. The summed E-state index contributed by atoms with van der Waals surface area (Å²) in [5.41, 5.74) is -6.66. The fourth-order valence-electron chi connectivity index (χ4n) is 11.2. The van der Waals surface area contributed by atoms with Crippen molar-refractivity contribution >= 4 is 133 Å². The molecule has 4 fully saturated rings. The largest absolute Gasteiger partial charge is 0.493 e. The normalized spacial score (nSPS) is 19.5. The molecule has 4 aliphatic rings. The van der Waals surface area contributed by atoms with E-state index >= 15 is 0 Å². The number of hydrogen-bond acceptors (Lipinski definition) is 20. The number of rotatable bonds is 22. The van der Waals surface area contributed by atoms with Crippen molar-refractivity contribution in [3.05, 3.63) is 88.2 Å². The second kappa shape index (κ2) is 33.4. The molecule has 2 saturated carbocycles. The minimum atomic E-state index is -3.93. The Labute approximate surface area is 624 Å². The molecule has 8 atom stereocenters. The van der Waals surface area contributed by atoms with Crippen molar-refractivity contribution < 1.29 is 84.0 Å². The molecule has 8 amide bonds. The predicted octanol–water partition coefficient (Wildman–Crippen LogP) is 8.96. The summed E-state index contributed by atoms with van der Waals surface area (Å²) in [6, 6.07) is 10.4. The van der Waals surface area contributed by atoms with Crippen molar-refractivity contribution in [1.82, 2.24) is 50.5 Å². The summed E-state index contributed by atoms with van der Waals surface area (Å²) in [5, 5.41) is 23.3. The molecule has 2 aliphatic heterocycles. The monoisotopic (exact) mass is 1620 g/mol. The van der Waals surface area contributed by atoms with Gasteiger partial charge in [-0.1, -0.05) is 108 Å². The van der Waals surface area contributed by atoms with Crippen molar-refractivity contribution in [1.29, 1.82) is 0 Å². The maximum atomic E-state index is 14.5. The van der Waals surface area contributed by atoms with E-state index in [0.29, 0.717) is 56.9 Å². The number of methoxy groups -OCH3 is 2. The summed E-state index contributed by atoms with van der Waals surface area (Å²) in [4.78, 5) is 119. The number of carbonyl (C=O) groups excluding carboxylic acids is 8. The Hall–Kier alpha value is -7.39. The average molecular weight is 1630 g/mol. The molecule has 4 heterocycles. The lowest BCUT2D eigenvalue weighted by atomic mass is 9.85. The number of aromatic nitrogens is 2. The van der Waals surface area contributed by atoms with Gasteiger partial charge in [0.15, 0.2) is 16.1 Å². The first-order valence-electron chi connectivity index (χ1n) is 33.4. The van der Waals surface area contributed by atoms with Gasteiger partial charge in [0.05, 0.1) is 37.4 Å². The van der Waals surface area contributed by atoms with Gasteiger partial charge in [-0.2, -0.15) is 0 Å². The number of halogens is 3. The van der Waals surface area contributed by atoms with E-state index in [1.807, 2.05) is 53.3 Å². The molecule has 0 radical (unpaired) electrons. The first-order valence-corrected chi connectivity index (χ1v) is 38.4. The zero-order valence-electron chi connectivity index (χ0n) is 61.0. The quantitative estimate of drug-likeness (QED) is 0.0285. The highest BCUT2D eigenvalue weighted by Crippen LogP contribution is 2.40. The van der Waals surface area contributed by atoms with Crippen LogP contribution >= 0.6 is 43.5 Å². The molecule has 2 aliphatic carbocycles. The molecule has 33 heteroatoms. The predicted molar refractivity (Wildman–Crippen MR) is 396 cm³/mol. The van der Waals surface area contributed by atoms with Crippen molar-refractivity contribution in [3.63, 3.8) is 0 Å². The third-order valence-electron chi connectivity index (χ3n) is 16.8. The molecule has 4 aromatic rings. The number of hydrogen-bond donors (Lipinski definition) is 7. The van der Waals surface area contributed by atoms with E-state index in [-0.39, 0.29) is 44.7 Å². The van der Waals surface area contributed by atoms with Gasteiger partial charge in [-0.25, -0.2) is 36.4 Å². The number of aliphatic hydroxyl groups is 1. The summed E-state index contributed by atoms with van der Waals surface area (Å²) in [7, 11) is -4.66. The highest BCUT2D eigenvalue weighted by Gasteiger charge is 2.51. The Balaban J connectivity index is 0.000000279. The van der Waals surface area contributed by atoms with Gasteiger partial charge in [0.2, 0.25) is 49.6 Å².